The molecule has 14 heteroatoms. The van der Waals surface area contributed by atoms with Crippen molar-refractivity contribution in [1.82, 2.24) is 25.1 Å². The quantitative estimate of drug-likeness (QED) is 0.251. The van der Waals surface area contributed by atoms with Crippen LogP contribution < -0.4 is 21.9 Å². The molecule has 0 bridgehead atoms. The number of hydrogen-bond donors (Lipinski definition) is 3. The summed E-state index contributed by atoms with van der Waals surface area (Å²) in [6.45, 7) is 2.35. The lowest BCUT2D eigenvalue weighted by molar-refractivity contribution is -0.161. The van der Waals surface area contributed by atoms with Crippen LogP contribution in [0.5, 0.6) is 0 Å². The zero-order valence-corrected chi connectivity index (χ0v) is 23.5. The number of ketones is 1. The van der Waals surface area contributed by atoms with Gasteiger partial charge in [-0.1, -0.05) is 42.5 Å². The molecule has 0 radical (unpaired) electrons. The van der Waals surface area contributed by atoms with E-state index in [4.69, 9.17) is 5.73 Å². The van der Waals surface area contributed by atoms with Gasteiger partial charge in [0, 0.05) is 25.1 Å². The number of aromatic nitrogens is 2. The maximum Gasteiger partial charge on any atom is 0.383 e. The fraction of sp³-hybridized carbons (Fsp3) is 0.310. The number of carbonyl (C=O) groups excluding carboxylic acids is 4. The molecule has 0 saturated heterocycles. The average Bonchev–Trinajstić information content (AvgIpc) is 2.98. The number of nitrogen functional groups attached to an aromatic ring is 1. The van der Waals surface area contributed by atoms with E-state index >= 15 is 8.78 Å². The third-order valence-electron chi connectivity index (χ3n) is 6.50. The first-order valence-electron chi connectivity index (χ1n) is 13.3. The fourth-order valence-corrected chi connectivity index (χ4v) is 4.24. The summed E-state index contributed by atoms with van der Waals surface area (Å²) in [7, 11) is 0. The Morgan fingerprint density at radius 1 is 1.05 bits per heavy atom. The lowest BCUT2D eigenvalue weighted by atomic mass is 9.98. The molecule has 1 atom stereocenters. The van der Waals surface area contributed by atoms with Crippen molar-refractivity contribution in [2.75, 3.05) is 25.4 Å². The van der Waals surface area contributed by atoms with Gasteiger partial charge in [0.2, 0.25) is 17.6 Å². The number of nitrogens with zero attached hydrogens (tertiary/aromatic N) is 3. The van der Waals surface area contributed by atoms with E-state index in [9.17, 15) is 28.4 Å². The van der Waals surface area contributed by atoms with Crippen LogP contribution in [-0.4, -0.2) is 69.6 Å². The molecule has 0 aliphatic rings. The summed E-state index contributed by atoms with van der Waals surface area (Å²) in [5.74, 6) is -11.0. The monoisotopic (exact) mass is 600 g/mol. The minimum absolute atomic E-state index is 0.129. The first-order valence-corrected chi connectivity index (χ1v) is 13.3. The van der Waals surface area contributed by atoms with E-state index in [1.54, 1.807) is 37.4 Å². The molecule has 1 aromatic heterocycles. The van der Waals surface area contributed by atoms with Crippen molar-refractivity contribution in [1.29, 1.82) is 0 Å². The minimum Gasteiger partial charge on any atom is -0.393 e. The van der Waals surface area contributed by atoms with Gasteiger partial charge >= 0.3 is 5.92 Å². The summed E-state index contributed by atoms with van der Waals surface area (Å²) in [6, 6.07) is 11.0. The van der Waals surface area contributed by atoms with Crippen LogP contribution in [0.1, 0.15) is 19.4 Å². The second-order valence-corrected chi connectivity index (χ2v) is 9.44. The number of nitrogens with one attached hydrogen (secondary N) is 2. The second-order valence-electron chi connectivity index (χ2n) is 9.44. The van der Waals surface area contributed by atoms with Crippen molar-refractivity contribution < 1.29 is 32.3 Å². The van der Waals surface area contributed by atoms with Crippen molar-refractivity contribution in [3.05, 3.63) is 82.5 Å². The smallest absolute Gasteiger partial charge is 0.383 e. The number of benzene rings is 2. The number of halogens is 3. The molecule has 3 aromatic rings. The topological polar surface area (TPSA) is 156 Å². The number of likely N-dealkylation sites (N-methyl/N-ethyl adjacent to an activating group) is 1. The number of alkyl halides is 2. The van der Waals surface area contributed by atoms with Crippen molar-refractivity contribution >= 4 is 29.2 Å². The average molecular weight is 601 g/mol. The Balaban J connectivity index is 1.87. The van der Waals surface area contributed by atoms with E-state index in [-0.39, 0.29) is 30.2 Å². The van der Waals surface area contributed by atoms with Gasteiger partial charge in [-0.15, -0.1) is 0 Å². The molecule has 2 aromatic carbocycles. The minimum atomic E-state index is -4.63. The number of amides is 3. The Morgan fingerprint density at radius 3 is 2.35 bits per heavy atom. The van der Waals surface area contributed by atoms with Crippen LogP contribution >= 0.6 is 0 Å². The summed E-state index contributed by atoms with van der Waals surface area (Å²) in [5.41, 5.74) is 4.99. The Kier molecular flexibility index (Phi) is 10.8. The van der Waals surface area contributed by atoms with E-state index in [1.165, 1.54) is 29.2 Å². The van der Waals surface area contributed by atoms with Gasteiger partial charge in [0.15, 0.2) is 0 Å². The molecule has 0 fully saturated rings. The van der Waals surface area contributed by atoms with Crippen LogP contribution in [0.2, 0.25) is 0 Å². The maximum atomic E-state index is 15.1. The first-order chi connectivity index (χ1) is 20.4. The molecule has 0 aliphatic carbocycles. The highest BCUT2D eigenvalue weighted by Crippen LogP contribution is 2.21. The predicted molar refractivity (Wildman–Crippen MR) is 151 cm³/mol. The molecule has 11 nitrogen and oxygen atoms in total. The molecule has 43 heavy (non-hydrogen) atoms. The SMILES string of the molecule is CCN(CC)C(=O)CNC(=O)C(F)(F)C(=O)C(Cc1ccccc1)NC(=O)Cn1c(-c2cccc(F)c2)ncc(N)c1=O. The third-order valence-corrected chi connectivity index (χ3v) is 6.50. The predicted octanol–water partition coefficient (Wildman–Crippen LogP) is 1.55. The van der Waals surface area contributed by atoms with Crippen LogP contribution in [0.25, 0.3) is 11.4 Å². The van der Waals surface area contributed by atoms with Gasteiger partial charge < -0.3 is 21.3 Å². The molecule has 3 amide bonds. The normalized spacial score (nSPS) is 11.8. The van der Waals surface area contributed by atoms with E-state index in [2.05, 4.69) is 10.3 Å². The molecule has 3 rings (SSSR count). The lowest BCUT2D eigenvalue weighted by Gasteiger charge is -2.24. The van der Waals surface area contributed by atoms with Gasteiger partial charge in [-0.2, -0.15) is 8.78 Å². The molecule has 228 valence electrons. The van der Waals surface area contributed by atoms with Gasteiger partial charge in [0.1, 0.15) is 23.9 Å². The second kappa shape index (κ2) is 14.2. The van der Waals surface area contributed by atoms with Crippen molar-refractivity contribution in [3.63, 3.8) is 0 Å². The molecule has 4 N–H and O–H groups in total. The summed E-state index contributed by atoms with van der Waals surface area (Å²) < 4.78 is 45.0. The van der Waals surface area contributed by atoms with Gasteiger partial charge in [-0.05, 0) is 31.5 Å². The van der Waals surface area contributed by atoms with Crippen molar-refractivity contribution in [2.45, 2.75) is 38.8 Å². The van der Waals surface area contributed by atoms with Gasteiger partial charge in [-0.3, -0.25) is 28.5 Å². The highest BCUT2D eigenvalue weighted by atomic mass is 19.3. The summed E-state index contributed by atoms with van der Waals surface area (Å²) in [6.07, 6.45) is 0.607. The number of Topliss-reactive ketones (excluding diaryl/α,β-unsaturated/α-hetero) is 1. The Morgan fingerprint density at radius 2 is 1.72 bits per heavy atom. The zero-order valence-electron chi connectivity index (χ0n) is 23.5. The van der Waals surface area contributed by atoms with E-state index < -0.39 is 66.4 Å². The summed E-state index contributed by atoms with van der Waals surface area (Å²) >= 11 is 0. The number of rotatable bonds is 13. The van der Waals surface area contributed by atoms with Crippen molar-refractivity contribution in [2.24, 2.45) is 0 Å². The summed E-state index contributed by atoms with van der Waals surface area (Å²) in [5, 5.41) is 3.98. The highest BCUT2D eigenvalue weighted by Gasteiger charge is 2.50. The molecular formula is C29H31F3N6O5. The number of hydrogen-bond acceptors (Lipinski definition) is 7. The van der Waals surface area contributed by atoms with Gasteiger partial charge in [-0.25, -0.2) is 9.37 Å². The highest BCUT2D eigenvalue weighted by molar-refractivity contribution is 6.11. The van der Waals surface area contributed by atoms with Crippen LogP contribution in [0, 0.1) is 5.82 Å². The van der Waals surface area contributed by atoms with Crippen LogP contribution in [0.4, 0.5) is 18.9 Å². The van der Waals surface area contributed by atoms with E-state index in [0.29, 0.717) is 5.56 Å². The lowest BCUT2D eigenvalue weighted by Crippen LogP contribution is -2.56. The molecule has 0 spiro atoms. The summed E-state index contributed by atoms with van der Waals surface area (Å²) in [4.78, 5) is 68.9. The van der Waals surface area contributed by atoms with E-state index in [1.807, 2.05) is 0 Å². The molecule has 1 heterocycles. The van der Waals surface area contributed by atoms with Gasteiger partial charge in [0.25, 0.3) is 11.5 Å². The third kappa shape index (κ3) is 8.05. The zero-order chi connectivity index (χ0) is 31.7. The Hall–Kier alpha value is -5.01. The largest absolute Gasteiger partial charge is 0.393 e. The number of anilines is 1. The molecular weight excluding hydrogens is 569 g/mol. The number of carbonyl (C=O) groups is 4. The Labute approximate surface area is 244 Å². The first kappa shape index (κ1) is 32.5. The molecule has 0 aliphatic heterocycles. The number of nitrogens with two attached hydrogens (primary N) is 1. The molecule has 0 saturated carbocycles. The fourth-order valence-electron chi connectivity index (χ4n) is 4.24. The molecule has 1 unspecified atom stereocenters. The maximum absolute atomic E-state index is 15.1. The van der Waals surface area contributed by atoms with E-state index in [0.717, 1.165) is 22.9 Å². The van der Waals surface area contributed by atoms with Crippen LogP contribution in [0.15, 0.2) is 65.6 Å². The Bertz CT molecular complexity index is 1540. The van der Waals surface area contributed by atoms with Crippen LogP contribution in [-0.2, 0) is 32.1 Å². The van der Waals surface area contributed by atoms with Crippen LogP contribution in [0.3, 0.4) is 0 Å². The standard InChI is InChI=1S/C29H31F3N6O5/c1-3-37(4-2)24(40)16-35-28(43)29(31,32)25(41)22(13-18-9-6-5-7-10-18)36-23(39)17-38-26(34-15-21(33)27(38)42)19-11-8-12-20(30)14-19/h5-12,14-15,22H,3-4,13,16-17,33H2,1-2H3,(H,35,43)(H,36,39). The van der Waals surface area contributed by atoms with Crippen molar-refractivity contribution in [3.8, 4) is 11.4 Å². The van der Waals surface area contributed by atoms with Gasteiger partial charge in [0.05, 0.1) is 18.8 Å².